The molecule has 1 amide bonds. The summed E-state index contributed by atoms with van der Waals surface area (Å²) in [5.74, 6) is 0. The Kier molecular flexibility index (Phi) is 6.30. The summed E-state index contributed by atoms with van der Waals surface area (Å²) in [5, 5.41) is 12.5. The molecule has 2 rings (SSSR count). The average Bonchev–Trinajstić information content (AvgIpc) is 2.59. The van der Waals surface area contributed by atoms with Gasteiger partial charge in [0.1, 0.15) is 11.1 Å². The molecule has 0 unspecified atom stereocenters. The van der Waals surface area contributed by atoms with Gasteiger partial charge < -0.3 is 14.7 Å². The van der Waals surface area contributed by atoms with Gasteiger partial charge in [0, 0.05) is 26.1 Å². The smallest absolute Gasteiger partial charge is 0.411 e. The van der Waals surface area contributed by atoms with Crippen molar-refractivity contribution in [2.45, 2.75) is 51.3 Å². The standard InChI is InChI=1S/C18H25ClN2O4/c1-17(2,3)25-16(22)21(13-14-7-5-4-6-8-14)18(15(19)20-23)9-11-24-12-10-18/h4-8,23H,9-13H2,1-3H3/b20-15-. The molecule has 1 aromatic rings. The number of rotatable bonds is 4. The van der Waals surface area contributed by atoms with Gasteiger partial charge in [-0.15, -0.1) is 0 Å². The van der Waals surface area contributed by atoms with Crippen LogP contribution in [0, 0.1) is 0 Å². The molecule has 0 saturated carbocycles. The van der Waals surface area contributed by atoms with Crippen molar-refractivity contribution in [1.29, 1.82) is 0 Å². The first-order chi connectivity index (χ1) is 11.8. The summed E-state index contributed by atoms with van der Waals surface area (Å²) in [6.07, 6.45) is 0.365. The summed E-state index contributed by atoms with van der Waals surface area (Å²) in [4.78, 5) is 14.5. The van der Waals surface area contributed by atoms with Crippen molar-refractivity contribution in [3.63, 3.8) is 0 Å². The van der Waals surface area contributed by atoms with E-state index in [4.69, 9.17) is 21.1 Å². The second-order valence-corrected chi connectivity index (χ2v) is 7.44. The van der Waals surface area contributed by atoms with Crippen LogP contribution < -0.4 is 0 Å². The maximum Gasteiger partial charge on any atom is 0.411 e. The van der Waals surface area contributed by atoms with E-state index in [-0.39, 0.29) is 5.17 Å². The third-order valence-electron chi connectivity index (χ3n) is 4.11. The number of hydrogen-bond acceptors (Lipinski definition) is 5. The zero-order valence-corrected chi connectivity index (χ0v) is 15.6. The van der Waals surface area contributed by atoms with Crippen LogP contribution in [0.2, 0.25) is 0 Å². The van der Waals surface area contributed by atoms with Gasteiger partial charge in [-0.1, -0.05) is 47.1 Å². The highest BCUT2D eigenvalue weighted by atomic mass is 35.5. The van der Waals surface area contributed by atoms with E-state index < -0.39 is 17.2 Å². The van der Waals surface area contributed by atoms with Gasteiger partial charge in [0.25, 0.3) is 0 Å². The van der Waals surface area contributed by atoms with E-state index in [9.17, 15) is 10.0 Å². The number of oxime groups is 1. The van der Waals surface area contributed by atoms with Crippen molar-refractivity contribution >= 4 is 22.9 Å². The van der Waals surface area contributed by atoms with E-state index in [2.05, 4.69) is 5.16 Å². The lowest BCUT2D eigenvalue weighted by atomic mass is 9.88. The third kappa shape index (κ3) is 4.86. The zero-order valence-electron chi connectivity index (χ0n) is 14.9. The number of nitrogens with zero attached hydrogens (tertiary/aromatic N) is 2. The van der Waals surface area contributed by atoms with E-state index in [1.807, 2.05) is 51.1 Å². The molecule has 1 N–H and O–H groups in total. The fraction of sp³-hybridized carbons (Fsp3) is 0.556. The van der Waals surface area contributed by atoms with Gasteiger partial charge in [-0.05, 0) is 26.3 Å². The number of carbonyl (C=O) groups excluding carboxylic acids is 1. The normalized spacial score (nSPS) is 17.8. The molecule has 0 aromatic heterocycles. The highest BCUT2D eigenvalue weighted by molar-refractivity contribution is 6.67. The lowest BCUT2D eigenvalue weighted by molar-refractivity contribution is -0.0243. The summed E-state index contributed by atoms with van der Waals surface area (Å²) in [6.45, 7) is 6.55. The van der Waals surface area contributed by atoms with Crippen molar-refractivity contribution in [3.05, 3.63) is 35.9 Å². The van der Waals surface area contributed by atoms with Gasteiger partial charge in [0.2, 0.25) is 0 Å². The number of hydrogen-bond donors (Lipinski definition) is 1. The Morgan fingerprint density at radius 3 is 2.44 bits per heavy atom. The second-order valence-electron chi connectivity index (χ2n) is 7.09. The summed E-state index contributed by atoms with van der Waals surface area (Å²) in [7, 11) is 0. The molecule has 1 heterocycles. The Bertz CT molecular complexity index is 607. The molecular weight excluding hydrogens is 344 g/mol. The maximum absolute atomic E-state index is 13.0. The molecule has 1 fully saturated rings. The van der Waals surface area contributed by atoms with Crippen LogP contribution >= 0.6 is 11.6 Å². The van der Waals surface area contributed by atoms with Crippen LogP contribution in [0.3, 0.4) is 0 Å². The predicted octanol–water partition coefficient (Wildman–Crippen LogP) is 4.00. The summed E-state index contributed by atoms with van der Waals surface area (Å²) < 4.78 is 11.0. The molecule has 1 aliphatic heterocycles. The number of amides is 1. The summed E-state index contributed by atoms with van der Waals surface area (Å²) in [6, 6.07) is 9.57. The Balaban J connectivity index is 2.42. The number of halogens is 1. The molecule has 0 radical (unpaired) electrons. The van der Waals surface area contributed by atoms with Crippen LogP contribution in [0.15, 0.2) is 35.5 Å². The molecule has 1 aliphatic rings. The molecule has 25 heavy (non-hydrogen) atoms. The Morgan fingerprint density at radius 2 is 1.92 bits per heavy atom. The lowest BCUT2D eigenvalue weighted by Crippen LogP contribution is -2.58. The Hall–Kier alpha value is -1.79. The van der Waals surface area contributed by atoms with Crippen molar-refractivity contribution in [2.75, 3.05) is 13.2 Å². The Labute approximate surface area is 153 Å². The molecule has 0 spiro atoms. The maximum atomic E-state index is 13.0. The Morgan fingerprint density at radius 1 is 1.32 bits per heavy atom. The minimum atomic E-state index is -0.952. The second kappa shape index (κ2) is 8.06. The fourth-order valence-corrected chi connectivity index (χ4v) is 3.15. The largest absolute Gasteiger partial charge is 0.444 e. The SMILES string of the molecule is CC(C)(C)OC(=O)N(Cc1ccccc1)C1(/C(Cl)=N/O)CCOCC1. The molecule has 0 atom stereocenters. The van der Waals surface area contributed by atoms with Gasteiger partial charge >= 0.3 is 6.09 Å². The first-order valence-corrected chi connectivity index (χ1v) is 8.67. The van der Waals surface area contributed by atoms with Crippen LogP contribution in [0.5, 0.6) is 0 Å². The van der Waals surface area contributed by atoms with Gasteiger partial charge in [-0.25, -0.2) is 4.79 Å². The van der Waals surface area contributed by atoms with Crippen LogP contribution in [-0.4, -0.2) is 45.7 Å². The van der Waals surface area contributed by atoms with E-state index in [0.29, 0.717) is 32.6 Å². The number of benzene rings is 1. The molecule has 138 valence electrons. The monoisotopic (exact) mass is 368 g/mol. The van der Waals surface area contributed by atoms with E-state index >= 15 is 0 Å². The first kappa shape index (κ1) is 19.5. The molecule has 1 saturated heterocycles. The van der Waals surface area contributed by atoms with Gasteiger partial charge in [0.05, 0.1) is 6.54 Å². The number of carbonyl (C=O) groups is 1. The predicted molar refractivity (Wildman–Crippen MR) is 96.1 cm³/mol. The molecule has 0 bridgehead atoms. The zero-order chi connectivity index (χ0) is 18.5. The lowest BCUT2D eigenvalue weighted by Gasteiger charge is -2.44. The molecule has 7 heteroatoms. The third-order valence-corrected chi connectivity index (χ3v) is 4.53. The topological polar surface area (TPSA) is 71.4 Å². The first-order valence-electron chi connectivity index (χ1n) is 8.29. The van der Waals surface area contributed by atoms with Gasteiger partial charge in [-0.2, -0.15) is 0 Å². The van der Waals surface area contributed by atoms with Crippen LogP contribution in [-0.2, 0) is 16.0 Å². The highest BCUT2D eigenvalue weighted by Crippen LogP contribution is 2.34. The van der Waals surface area contributed by atoms with Crippen molar-refractivity contribution in [2.24, 2.45) is 5.16 Å². The molecule has 1 aromatic carbocycles. The molecule has 0 aliphatic carbocycles. The van der Waals surface area contributed by atoms with Gasteiger partial charge in [0.15, 0.2) is 5.17 Å². The number of ether oxygens (including phenoxy) is 2. The van der Waals surface area contributed by atoms with Crippen molar-refractivity contribution in [1.82, 2.24) is 4.90 Å². The van der Waals surface area contributed by atoms with E-state index in [0.717, 1.165) is 5.56 Å². The van der Waals surface area contributed by atoms with Crippen LogP contribution in [0.4, 0.5) is 4.79 Å². The molecule has 6 nitrogen and oxygen atoms in total. The van der Waals surface area contributed by atoms with Crippen LogP contribution in [0.1, 0.15) is 39.2 Å². The summed E-state index contributed by atoms with van der Waals surface area (Å²) in [5.41, 5.74) is -0.671. The molecular formula is C18H25ClN2O4. The average molecular weight is 369 g/mol. The van der Waals surface area contributed by atoms with E-state index in [1.54, 1.807) is 4.90 Å². The van der Waals surface area contributed by atoms with Crippen LogP contribution in [0.25, 0.3) is 0 Å². The fourth-order valence-electron chi connectivity index (χ4n) is 2.86. The summed E-state index contributed by atoms with van der Waals surface area (Å²) >= 11 is 6.27. The van der Waals surface area contributed by atoms with Crippen molar-refractivity contribution in [3.8, 4) is 0 Å². The van der Waals surface area contributed by atoms with Crippen molar-refractivity contribution < 1.29 is 19.5 Å². The minimum Gasteiger partial charge on any atom is -0.444 e. The highest BCUT2D eigenvalue weighted by Gasteiger charge is 2.47. The quantitative estimate of drug-likeness (QED) is 0.495. The minimum absolute atomic E-state index is 0.0300. The van der Waals surface area contributed by atoms with Gasteiger partial charge in [-0.3, -0.25) is 4.90 Å². The van der Waals surface area contributed by atoms with E-state index in [1.165, 1.54) is 0 Å².